The Bertz CT molecular complexity index is 957. The summed E-state index contributed by atoms with van der Waals surface area (Å²) in [4.78, 5) is 36.0. The van der Waals surface area contributed by atoms with Crippen molar-refractivity contribution in [1.29, 1.82) is 0 Å². The molecule has 0 saturated heterocycles. The highest BCUT2D eigenvalue weighted by Crippen LogP contribution is 2.21. The normalized spacial score (nSPS) is 12.1. The summed E-state index contributed by atoms with van der Waals surface area (Å²) in [5, 5.41) is 1.25. The van der Waals surface area contributed by atoms with E-state index in [9.17, 15) is 9.59 Å². The number of Topliss-reactive ketones (excluding diaryl/α,β-unsaturated/α-hetero) is 1. The van der Waals surface area contributed by atoms with Gasteiger partial charge in [-0.1, -0.05) is 41.6 Å². The zero-order valence-electron chi connectivity index (χ0n) is 13.4. The van der Waals surface area contributed by atoms with Crippen molar-refractivity contribution in [1.82, 2.24) is 15.0 Å². The highest BCUT2D eigenvalue weighted by molar-refractivity contribution is 7.98. The molecule has 1 atom stereocenters. The number of aromatic nitrogens is 3. The smallest absolute Gasteiger partial charge is 0.359 e. The van der Waals surface area contributed by atoms with Crippen LogP contribution in [0.5, 0.6) is 0 Å². The van der Waals surface area contributed by atoms with Crippen molar-refractivity contribution in [3.63, 3.8) is 0 Å². The molecule has 0 amide bonds. The van der Waals surface area contributed by atoms with Gasteiger partial charge in [0.15, 0.2) is 17.0 Å². The Morgan fingerprint density at radius 2 is 2.08 bits per heavy atom. The number of nitrogens with one attached hydrogen (secondary N) is 1. The molecule has 25 heavy (non-hydrogen) atoms. The molecule has 8 heteroatoms. The van der Waals surface area contributed by atoms with Gasteiger partial charge in [0, 0.05) is 22.7 Å². The van der Waals surface area contributed by atoms with Gasteiger partial charge in [-0.3, -0.25) is 4.79 Å². The minimum absolute atomic E-state index is 0.0559. The third-order valence-electron chi connectivity index (χ3n) is 3.61. The van der Waals surface area contributed by atoms with Crippen molar-refractivity contribution >= 4 is 46.0 Å². The second-order valence-corrected chi connectivity index (χ2v) is 6.39. The minimum Gasteiger partial charge on any atom is -0.449 e. The van der Waals surface area contributed by atoms with Gasteiger partial charge in [-0.15, -0.1) is 0 Å². The van der Waals surface area contributed by atoms with Gasteiger partial charge in [0.1, 0.15) is 0 Å². The van der Waals surface area contributed by atoms with Gasteiger partial charge in [-0.25, -0.2) is 14.8 Å². The molecule has 2 heterocycles. The van der Waals surface area contributed by atoms with Gasteiger partial charge in [-0.2, -0.15) is 0 Å². The Hall–Kier alpha value is -2.38. The van der Waals surface area contributed by atoms with Crippen LogP contribution in [0.3, 0.4) is 0 Å². The summed E-state index contributed by atoms with van der Waals surface area (Å²) in [6.45, 7) is 1.52. The molecule has 6 nitrogen and oxygen atoms in total. The van der Waals surface area contributed by atoms with Gasteiger partial charge in [0.05, 0.1) is 11.2 Å². The number of ether oxygens (including phenoxy) is 1. The number of halogens is 1. The van der Waals surface area contributed by atoms with E-state index in [-0.39, 0.29) is 16.5 Å². The molecule has 0 aliphatic carbocycles. The summed E-state index contributed by atoms with van der Waals surface area (Å²) in [5.41, 5.74) is 1.25. The van der Waals surface area contributed by atoms with Crippen LogP contribution in [0.2, 0.25) is 5.02 Å². The number of fused-ring (bicyclic) bond motifs is 1. The summed E-state index contributed by atoms with van der Waals surface area (Å²) >= 11 is 7.24. The number of H-pyrrole nitrogens is 1. The molecule has 0 fully saturated rings. The number of thioether (sulfide) groups is 1. The maximum Gasteiger partial charge on any atom is 0.359 e. The zero-order chi connectivity index (χ0) is 18.0. The van der Waals surface area contributed by atoms with E-state index in [1.54, 1.807) is 12.5 Å². The molecule has 0 aliphatic heterocycles. The van der Waals surface area contributed by atoms with Gasteiger partial charge in [0.25, 0.3) is 0 Å². The lowest BCUT2D eigenvalue weighted by molar-refractivity contribution is 0.0313. The maximum atomic E-state index is 12.6. The number of hydrogen-bond donors (Lipinski definition) is 1. The SMILES string of the molecule is CSc1ncc(Cl)c(C(=O)O[C@@H](C)C(=O)c2c[nH]c3ccccc23)n1. The van der Waals surface area contributed by atoms with Crippen LogP contribution in [-0.4, -0.2) is 39.1 Å². The molecule has 2 aromatic heterocycles. The third kappa shape index (κ3) is 3.52. The lowest BCUT2D eigenvalue weighted by atomic mass is 10.1. The molecule has 128 valence electrons. The van der Waals surface area contributed by atoms with Crippen LogP contribution >= 0.6 is 23.4 Å². The predicted molar refractivity (Wildman–Crippen MR) is 96.3 cm³/mol. The lowest BCUT2D eigenvalue weighted by Crippen LogP contribution is -2.25. The Labute approximate surface area is 153 Å². The first-order chi connectivity index (χ1) is 12.0. The number of carbonyl (C=O) groups is 2. The summed E-state index contributed by atoms with van der Waals surface area (Å²) in [5.74, 6) is -1.07. The van der Waals surface area contributed by atoms with Crippen molar-refractivity contribution in [2.75, 3.05) is 6.26 Å². The van der Waals surface area contributed by atoms with Crippen molar-refractivity contribution in [3.8, 4) is 0 Å². The number of esters is 1. The zero-order valence-corrected chi connectivity index (χ0v) is 15.0. The number of carbonyl (C=O) groups excluding carboxylic acids is 2. The fourth-order valence-corrected chi connectivity index (χ4v) is 2.87. The van der Waals surface area contributed by atoms with E-state index in [4.69, 9.17) is 16.3 Å². The number of hydrogen-bond acceptors (Lipinski definition) is 6. The highest BCUT2D eigenvalue weighted by Gasteiger charge is 2.25. The maximum absolute atomic E-state index is 12.6. The van der Waals surface area contributed by atoms with Crippen molar-refractivity contribution in [2.45, 2.75) is 18.2 Å². The number of aromatic amines is 1. The Morgan fingerprint density at radius 3 is 2.84 bits per heavy atom. The molecule has 3 rings (SSSR count). The molecule has 0 spiro atoms. The molecule has 1 N–H and O–H groups in total. The van der Waals surface area contributed by atoms with E-state index in [1.807, 2.05) is 24.3 Å². The fourth-order valence-electron chi connectivity index (χ4n) is 2.36. The van der Waals surface area contributed by atoms with Crippen LogP contribution < -0.4 is 0 Å². The molecule has 3 aromatic rings. The molecule has 1 aromatic carbocycles. The van der Waals surface area contributed by atoms with Crippen molar-refractivity contribution in [3.05, 3.63) is 52.9 Å². The van der Waals surface area contributed by atoms with E-state index in [2.05, 4.69) is 15.0 Å². The first-order valence-electron chi connectivity index (χ1n) is 7.39. The minimum atomic E-state index is -0.976. The Morgan fingerprint density at radius 1 is 1.32 bits per heavy atom. The number of ketones is 1. The van der Waals surface area contributed by atoms with Crippen molar-refractivity contribution in [2.24, 2.45) is 0 Å². The molecule has 0 unspecified atom stereocenters. The first kappa shape index (κ1) is 17.4. The molecule has 0 radical (unpaired) electrons. The molecule has 0 aliphatic rings. The number of nitrogens with zero attached hydrogens (tertiary/aromatic N) is 2. The molecular weight excluding hydrogens is 362 g/mol. The van der Waals surface area contributed by atoms with E-state index in [1.165, 1.54) is 24.9 Å². The lowest BCUT2D eigenvalue weighted by Gasteiger charge is -2.12. The van der Waals surface area contributed by atoms with Gasteiger partial charge >= 0.3 is 5.97 Å². The Kier molecular flexibility index (Phi) is 5.06. The first-order valence-corrected chi connectivity index (χ1v) is 8.99. The predicted octanol–water partition coefficient (Wildman–Crippen LogP) is 3.76. The van der Waals surface area contributed by atoms with E-state index < -0.39 is 12.1 Å². The topological polar surface area (TPSA) is 84.9 Å². The highest BCUT2D eigenvalue weighted by atomic mass is 35.5. The summed E-state index contributed by atoms with van der Waals surface area (Å²) < 4.78 is 5.26. The van der Waals surface area contributed by atoms with E-state index >= 15 is 0 Å². The van der Waals surface area contributed by atoms with Crippen molar-refractivity contribution < 1.29 is 14.3 Å². The fraction of sp³-hybridized carbons (Fsp3) is 0.176. The second kappa shape index (κ2) is 7.25. The average molecular weight is 376 g/mol. The number of rotatable bonds is 5. The summed E-state index contributed by atoms with van der Waals surface area (Å²) in [7, 11) is 0. The Balaban J connectivity index is 1.81. The number of para-hydroxylation sites is 1. The second-order valence-electron chi connectivity index (χ2n) is 5.21. The standard InChI is InChI=1S/C17H14ClN3O3S/c1-9(15(22)11-7-19-13-6-4-3-5-10(11)13)24-16(23)14-12(18)8-20-17(21-14)25-2/h3-9,19H,1-2H3/t9-/m0/s1. The van der Waals surface area contributed by atoms with Crippen LogP contribution in [-0.2, 0) is 4.74 Å². The van der Waals surface area contributed by atoms with Gasteiger partial charge in [-0.05, 0) is 19.2 Å². The molecule has 0 bridgehead atoms. The summed E-state index contributed by atoms with van der Waals surface area (Å²) in [6.07, 6.45) is 3.75. The quantitative estimate of drug-likeness (QED) is 0.316. The van der Waals surface area contributed by atoms with Crippen LogP contribution in [0, 0.1) is 0 Å². The summed E-state index contributed by atoms with van der Waals surface area (Å²) in [6, 6.07) is 7.41. The van der Waals surface area contributed by atoms with Gasteiger partial charge < -0.3 is 9.72 Å². The average Bonchev–Trinajstić information content (AvgIpc) is 3.05. The van der Waals surface area contributed by atoms with Crippen LogP contribution in [0.4, 0.5) is 0 Å². The van der Waals surface area contributed by atoms with Crippen LogP contribution in [0.25, 0.3) is 10.9 Å². The van der Waals surface area contributed by atoms with Crippen LogP contribution in [0.15, 0.2) is 41.8 Å². The van der Waals surface area contributed by atoms with Crippen LogP contribution in [0.1, 0.15) is 27.8 Å². The molecular formula is C17H14ClN3O3S. The molecule has 0 saturated carbocycles. The number of benzene rings is 1. The van der Waals surface area contributed by atoms with E-state index in [0.29, 0.717) is 10.7 Å². The van der Waals surface area contributed by atoms with E-state index in [0.717, 1.165) is 10.9 Å². The largest absolute Gasteiger partial charge is 0.449 e. The third-order valence-corrected chi connectivity index (χ3v) is 4.44. The monoisotopic (exact) mass is 375 g/mol. The van der Waals surface area contributed by atoms with Gasteiger partial charge in [0.2, 0.25) is 5.78 Å².